The first kappa shape index (κ1) is 25.2. The van der Waals surface area contributed by atoms with Crippen molar-refractivity contribution in [3.05, 3.63) is 60.7 Å². The summed E-state index contributed by atoms with van der Waals surface area (Å²) >= 11 is -3.94. The summed E-state index contributed by atoms with van der Waals surface area (Å²) in [6, 6.07) is 14.3. The van der Waals surface area contributed by atoms with Crippen molar-refractivity contribution in [2.24, 2.45) is 0 Å². The molecule has 0 spiro atoms. The molecule has 0 aromatic heterocycles. The zero-order valence-corrected chi connectivity index (χ0v) is 20.0. The molecule has 0 N–H and O–H groups in total. The molecule has 0 fully saturated rings. The minimum atomic E-state index is -5.64. The molecule has 2 aromatic rings. The molecule has 166 valence electrons. The van der Waals surface area contributed by atoms with E-state index in [0.717, 1.165) is 0 Å². The zero-order chi connectivity index (χ0) is 22.6. The molecule has 9 heteroatoms. The van der Waals surface area contributed by atoms with E-state index >= 15 is 0 Å². The van der Waals surface area contributed by atoms with Crippen LogP contribution in [-0.2, 0) is 3.76 Å². The van der Waals surface area contributed by atoms with Gasteiger partial charge in [0.2, 0.25) is 0 Å². The first-order valence-corrected chi connectivity index (χ1v) is 16.4. The molecule has 0 saturated heterocycles. The Labute approximate surface area is 177 Å². The Morgan fingerprint density at radius 2 is 1.00 bits per heavy atom. The summed E-state index contributed by atoms with van der Waals surface area (Å²) < 4.78 is 93.3. The van der Waals surface area contributed by atoms with Gasteiger partial charge in [0, 0.05) is 0 Å². The fraction of sp³-hybridized carbons (Fsp3) is 0.429. The summed E-state index contributed by atoms with van der Waals surface area (Å²) in [5.74, 6) is 0. The molecule has 0 unspecified atom stereocenters. The second-order valence-electron chi connectivity index (χ2n) is 6.99. The summed E-state index contributed by atoms with van der Waals surface area (Å²) in [5, 5.41) is -3.66. The van der Waals surface area contributed by atoms with Crippen LogP contribution in [0.4, 0.5) is 26.3 Å². The van der Waals surface area contributed by atoms with Gasteiger partial charge in [0.05, 0.1) is 0 Å². The average Bonchev–Trinajstić information content (AvgIpc) is 2.71. The molecule has 0 radical (unpaired) electrons. The van der Waals surface area contributed by atoms with E-state index in [-0.39, 0.29) is 26.4 Å². The van der Waals surface area contributed by atoms with Crippen LogP contribution in [0, 0.1) is 0 Å². The van der Waals surface area contributed by atoms with Crippen molar-refractivity contribution in [1.29, 1.82) is 0 Å². The SMILES string of the molecule is C[CH2][Ge]([CH2]C)([CH2]C)[O]C(P(c1ccccc1)c1ccccc1)(C(F)(F)F)C(F)(F)F. The minimum absolute atomic E-state index is 0.0204. The van der Waals surface area contributed by atoms with Gasteiger partial charge >= 0.3 is 177 Å². The van der Waals surface area contributed by atoms with Crippen LogP contribution in [0.1, 0.15) is 20.8 Å². The van der Waals surface area contributed by atoms with E-state index in [1.54, 1.807) is 32.9 Å². The van der Waals surface area contributed by atoms with E-state index in [9.17, 15) is 26.3 Å². The van der Waals surface area contributed by atoms with Gasteiger partial charge in [0.15, 0.2) is 0 Å². The van der Waals surface area contributed by atoms with Gasteiger partial charge in [-0.25, -0.2) is 0 Å². The maximum atomic E-state index is 14.6. The maximum absolute atomic E-state index is 14.6. The van der Waals surface area contributed by atoms with Gasteiger partial charge in [-0.1, -0.05) is 0 Å². The second-order valence-corrected chi connectivity index (χ2v) is 19.2. The van der Waals surface area contributed by atoms with E-state index in [2.05, 4.69) is 0 Å². The Hall–Kier alpha value is -1.05. The Bertz CT molecular complexity index is 729. The zero-order valence-electron chi connectivity index (χ0n) is 17.0. The number of rotatable bonds is 8. The Kier molecular flexibility index (Phi) is 8.08. The molecule has 2 rings (SSSR count). The van der Waals surface area contributed by atoms with Crippen molar-refractivity contribution >= 4 is 32.1 Å². The van der Waals surface area contributed by atoms with E-state index in [1.165, 1.54) is 48.5 Å². The molecule has 0 aliphatic heterocycles. The van der Waals surface area contributed by atoms with Crippen LogP contribution < -0.4 is 10.6 Å². The Morgan fingerprint density at radius 1 is 0.667 bits per heavy atom. The molecular weight excluding hydrogens is 486 g/mol. The monoisotopic (exact) mass is 512 g/mol. The summed E-state index contributed by atoms with van der Waals surface area (Å²) in [7, 11) is -2.98. The summed E-state index contributed by atoms with van der Waals surface area (Å²) in [5.41, 5.74) is 0. The van der Waals surface area contributed by atoms with Crippen molar-refractivity contribution in [2.45, 2.75) is 54.2 Å². The molecule has 1 nitrogen and oxygen atoms in total. The van der Waals surface area contributed by atoms with Gasteiger partial charge in [0.25, 0.3) is 0 Å². The average molecular weight is 511 g/mol. The van der Waals surface area contributed by atoms with Gasteiger partial charge < -0.3 is 0 Å². The number of hydrogen-bond donors (Lipinski definition) is 0. The quantitative estimate of drug-likeness (QED) is 0.212. The second kappa shape index (κ2) is 9.62. The molecule has 0 aliphatic carbocycles. The summed E-state index contributed by atoms with van der Waals surface area (Å²) in [4.78, 5) is 0. The van der Waals surface area contributed by atoms with Gasteiger partial charge in [-0.2, -0.15) is 0 Å². The van der Waals surface area contributed by atoms with E-state index in [1.807, 2.05) is 0 Å². The van der Waals surface area contributed by atoms with Crippen LogP contribution in [0.2, 0.25) is 15.8 Å². The standard InChI is InChI=1S/C21H25F6GeOP/c1-4-28(5-2,6-3)29-19(20(22,23)24,21(25,26)27)30(17-13-9-7-10-14-17)18-15-11-8-12-16-18/h7-16H,4-6H2,1-3H3. The molecule has 0 saturated carbocycles. The van der Waals surface area contributed by atoms with Gasteiger partial charge in [-0.05, 0) is 0 Å². The van der Waals surface area contributed by atoms with Crippen LogP contribution in [-0.4, -0.2) is 31.3 Å². The van der Waals surface area contributed by atoms with Gasteiger partial charge in [-0.15, -0.1) is 0 Å². The third-order valence-corrected chi connectivity index (χ3v) is 18.3. The van der Waals surface area contributed by atoms with Gasteiger partial charge in [-0.3, -0.25) is 0 Å². The number of alkyl halides is 6. The van der Waals surface area contributed by atoms with Crippen molar-refractivity contribution in [1.82, 2.24) is 0 Å². The Morgan fingerprint density at radius 3 is 1.27 bits per heavy atom. The fourth-order valence-electron chi connectivity index (χ4n) is 3.52. The van der Waals surface area contributed by atoms with Crippen molar-refractivity contribution < 1.29 is 30.1 Å². The fourth-order valence-corrected chi connectivity index (χ4v) is 13.5. The molecule has 0 bridgehead atoms. The van der Waals surface area contributed by atoms with Crippen LogP contribution >= 0.6 is 7.92 Å². The van der Waals surface area contributed by atoms with Crippen molar-refractivity contribution in [3.63, 3.8) is 0 Å². The molecule has 30 heavy (non-hydrogen) atoms. The molecule has 0 atom stereocenters. The van der Waals surface area contributed by atoms with E-state index in [4.69, 9.17) is 3.76 Å². The first-order chi connectivity index (χ1) is 14.0. The topological polar surface area (TPSA) is 9.23 Å². The van der Waals surface area contributed by atoms with Crippen LogP contribution in [0.15, 0.2) is 60.7 Å². The molecule has 0 aliphatic rings. The van der Waals surface area contributed by atoms with Gasteiger partial charge in [0.1, 0.15) is 0 Å². The van der Waals surface area contributed by atoms with Crippen molar-refractivity contribution in [3.8, 4) is 0 Å². The van der Waals surface area contributed by atoms with Crippen LogP contribution in [0.5, 0.6) is 0 Å². The van der Waals surface area contributed by atoms with Crippen LogP contribution in [0.3, 0.4) is 0 Å². The Balaban J connectivity index is 2.93. The van der Waals surface area contributed by atoms with Crippen molar-refractivity contribution in [2.75, 3.05) is 0 Å². The predicted molar refractivity (Wildman–Crippen MR) is 112 cm³/mol. The number of benzene rings is 2. The predicted octanol–water partition coefficient (Wildman–Crippen LogP) is 6.96. The number of halogens is 6. The van der Waals surface area contributed by atoms with E-state index < -0.39 is 39.2 Å². The van der Waals surface area contributed by atoms with Crippen LogP contribution in [0.25, 0.3) is 0 Å². The third kappa shape index (κ3) is 4.73. The van der Waals surface area contributed by atoms with E-state index in [0.29, 0.717) is 0 Å². The summed E-state index contributed by atoms with van der Waals surface area (Å²) in [6.45, 7) is 4.91. The molecule has 2 aromatic carbocycles. The third-order valence-electron chi connectivity index (χ3n) is 5.41. The molecular formula is C21H25F6GeOP. The molecule has 0 amide bonds. The first-order valence-electron chi connectivity index (χ1n) is 9.72. The number of hydrogen-bond acceptors (Lipinski definition) is 1. The molecule has 0 heterocycles. The summed E-state index contributed by atoms with van der Waals surface area (Å²) in [6.07, 6.45) is -11.3. The normalized spacial score (nSPS) is 13.7.